The molecule has 2 aromatic rings. The van der Waals surface area contributed by atoms with Crippen LogP contribution in [0, 0.1) is 0 Å². The van der Waals surface area contributed by atoms with Crippen molar-refractivity contribution in [2.24, 2.45) is 0 Å². The zero-order chi connectivity index (χ0) is 18.7. The average Bonchev–Trinajstić information content (AvgIpc) is 3.01. The smallest absolute Gasteiger partial charge is 0.407 e. The lowest BCUT2D eigenvalue weighted by molar-refractivity contribution is 0.0361. The fraction of sp³-hybridized carbons (Fsp3) is 0.348. The summed E-state index contributed by atoms with van der Waals surface area (Å²) in [6.45, 7) is 5.47. The SMILES string of the molecule is C=CCC1(NC(=O)OCC2c3ccccc3-c3ccccc32)CCOCC1. The minimum atomic E-state index is -0.361. The van der Waals surface area contributed by atoms with Gasteiger partial charge in [-0.15, -0.1) is 6.58 Å². The third-order valence-corrected chi connectivity index (χ3v) is 5.70. The molecule has 1 saturated heterocycles. The summed E-state index contributed by atoms with van der Waals surface area (Å²) in [5, 5.41) is 3.09. The summed E-state index contributed by atoms with van der Waals surface area (Å²) in [6, 6.07) is 16.7. The molecule has 0 spiro atoms. The predicted octanol–water partition coefficient (Wildman–Crippen LogP) is 4.65. The molecule has 2 aliphatic rings. The molecule has 0 radical (unpaired) electrons. The minimum Gasteiger partial charge on any atom is -0.449 e. The molecule has 0 bridgehead atoms. The van der Waals surface area contributed by atoms with Crippen molar-refractivity contribution >= 4 is 6.09 Å². The van der Waals surface area contributed by atoms with Crippen LogP contribution < -0.4 is 5.32 Å². The van der Waals surface area contributed by atoms with Gasteiger partial charge in [0.15, 0.2) is 0 Å². The second-order valence-corrected chi connectivity index (χ2v) is 7.34. The predicted molar refractivity (Wildman–Crippen MR) is 106 cm³/mol. The van der Waals surface area contributed by atoms with Crippen LogP contribution in [0.4, 0.5) is 4.79 Å². The lowest BCUT2D eigenvalue weighted by Crippen LogP contribution is -2.52. The Kier molecular flexibility index (Phi) is 4.99. The maximum Gasteiger partial charge on any atom is 0.407 e. The zero-order valence-corrected chi connectivity index (χ0v) is 15.4. The average molecular weight is 363 g/mol. The summed E-state index contributed by atoms with van der Waals surface area (Å²) in [4.78, 5) is 12.6. The van der Waals surface area contributed by atoms with Crippen LogP contribution in [0.5, 0.6) is 0 Å². The summed E-state index contributed by atoms with van der Waals surface area (Å²) < 4.78 is 11.1. The standard InChI is InChI=1S/C23H25NO3/c1-2-11-23(12-14-26-15-13-23)24-22(25)27-16-21-19-9-5-3-7-17(19)18-8-4-6-10-20(18)21/h2-10,21H,1,11-16H2,(H,24,25). The minimum absolute atomic E-state index is 0.0770. The van der Waals surface area contributed by atoms with E-state index in [9.17, 15) is 4.79 Å². The monoisotopic (exact) mass is 363 g/mol. The lowest BCUT2D eigenvalue weighted by atomic mass is 9.87. The number of nitrogens with one attached hydrogen (secondary N) is 1. The Morgan fingerprint density at radius 1 is 1.11 bits per heavy atom. The van der Waals surface area contributed by atoms with Gasteiger partial charge in [-0.05, 0) is 41.5 Å². The van der Waals surface area contributed by atoms with Crippen LogP contribution in [0.25, 0.3) is 11.1 Å². The molecular weight excluding hydrogens is 338 g/mol. The number of ether oxygens (including phenoxy) is 2. The number of benzene rings is 2. The first-order chi connectivity index (χ1) is 13.2. The van der Waals surface area contributed by atoms with Gasteiger partial charge in [0, 0.05) is 19.1 Å². The Morgan fingerprint density at radius 2 is 1.70 bits per heavy atom. The lowest BCUT2D eigenvalue weighted by Gasteiger charge is -2.36. The van der Waals surface area contributed by atoms with E-state index in [2.05, 4.69) is 48.3 Å². The summed E-state index contributed by atoms with van der Waals surface area (Å²) in [5.74, 6) is 0.0770. The molecule has 1 aliphatic heterocycles. The van der Waals surface area contributed by atoms with Crippen LogP contribution in [0.15, 0.2) is 61.2 Å². The summed E-state index contributed by atoms with van der Waals surface area (Å²) in [5.41, 5.74) is 4.60. The fourth-order valence-electron chi connectivity index (χ4n) is 4.27. The molecule has 0 atom stereocenters. The van der Waals surface area contributed by atoms with E-state index in [1.165, 1.54) is 22.3 Å². The van der Waals surface area contributed by atoms with Crippen LogP contribution >= 0.6 is 0 Å². The maximum atomic E-state index is 12.6. The van der Waals surface area contributed by atoms with E-state index in [-0.39, 0.29) is 17.6 Å². The molecule has 1 aliphatic carbocycles. The Hall–Kier alpha value is -2.59. The molecule has 4 nitrogen and oxygen atoms in total. The van der Waals surface area contributed by atoms with Gasteiger partial charge >= 0.3 is 6.09 Å². The van der Waals surface area contributed by atoms with Crippen molar-refractivity contribution in [3.63, 3.8) is 0 Å². The number of amides is 1. The molecule has 140 valence electrons. The number of fused-ring (bicyclic) bond motifs is 3. The Balaban J connectivity index is 1.47. The normalized spacial score (nSPS) is 17.6. The van der Waals surface area contributed by atoms with Crippen molar-refractivity contribution in [3.05, 3.63) is 72.3 Å². The quantitative estimate of drug-likeness (QED) is 0.787. The van der Waals surface area contributed by atoms with Crippen molar-refractivity contribution in [1.82, 2.24) is 5.32 Å². The molecule has 1 N–H and O–H groups in total. The molecule has 27 heavy (non-hydrogen) atoms. The zero-order valence-electron chi connectivity index (χ0n) is 15.4. The number of carbonyl (C=O) groups is 1. The summed E-state index contributed by atoms with van der Waals surface area (Å²) >= 11 is 0. The van der Waals surface area contributed by atoms with Gasteiger partial charge in [0.1, 0.15) is 6.61 Å². The maximum absolute atomic E-state index is 12.6. The third-order valence-electron chi connectivity index (χ3n) is 5.70. The van der Waals surface area contributed by atoms with Crippen LogP contribution in [-0.4, -0.2) is 31.5 Å². The number of carbonyl (C=O) groups excluding carboxylic acids is 1. The molecule has 4 heteroatoms. The molecule has 1 fully saturated rings. The Labute approximate surface area is 160 Å². The fourth-order valence-corrected chi connectivity index (χ4v) is 4.27. The molecule has 0 aromatic heterocycles. The molecule has 0 unspecified atom stereocenters. The third kappa shape index (κ3) is 3.50. The van der Waals surface area contributed by atoms with E-state index in [1.54, 1.807) is 0 Å². The van der Waals surface area contributed by atoms with E-state index in [0.29, 0.717) is 19.8 Å². The first kappa shape index (κ1) is 17.8. The molecule has 1 amide bonds. The van der Waals surface area contributed by atoms with Gasteiger partial charge in [0.05, 0.1) is 5.54 Å². The molecular formula is C23H25NO3. The van der Waals surface area contributed by atoms with Crippen molar-refractivity contribution in [2.45, 2.75) is 30.7 Å². The number of hydrogen-bond acceptors (Lipinski definition) is 3. The molecule has 4 rings (SSSR count). The highest BCUT2D eigenvalue weighted by molar-refractivity contribution is 5.79. The number of rotatable bonds is 5. The van der Waals surface area contributed by atoms with E-state index in [4.69, 9.17) is 9.47 Å². The Morgan fingerprint density at radius 3 is 2.30 bits per heavy atom. The molecule has 2 aromatic carbocycles. The molecule has 1 heterocycles. The van der Waals surface area contributed by atoms with Gasteiger partial charge in [-0.2, -0.15) is 0 Å². The van der Waals surface area contributed by atoms with Crippen molar-refractivity contribution in [3.8, 4) is 11.1 Å². The first-order valence-electron chi connectivity index (χ1n) is 9.54. The second kappa shape index (κ2) is 7.57. The van der Waals surface area contributed by atoms with E-state index >= 15 is 0 Å². The summed E-state index contributed by atoms with van der Waals surface area (Å²) in [6.07, 6.45) is 3.78. The Bertz CT molecular complexity index is 794. The highest BCUT2D eigenvalue weighted by Crippen LogP contribution is 2.44. The van der Waals surface area contributed by atoms with Crippen molar-refractivity contribution < 1.29 is 14.3 Å². The van der Waals surface area contributed by atoms with Crippen LogP contribution in [0.2, 0.25) is 0 Å². The largest absolute Gasteiger partial charge is 0.449 e. The van der Waals surface area contributed by atoms with Crippen molar-refractivity contribution in [1.29, 1.82) is 0 Å². The van der Waals surface area contributed by atoms with Gasteiger partial charge in [-0.3, -0.25) is 0 Å². The van der Waals surface area contributed by atoms with Gasteiger partial charge in [-0.1, -0.05) is 54.6 Å². The van der Waals surface area contributed by atoms with Gasteiger partial charge < -0.3 is 14.8 Å². The summed E-state index contributed by atoms with van der Waals surface area (Å²) in [7, 11) is 0. The van der Waals surface area contributed by atoms with Gasteiger partial charge in [0.2, 0.25) is 0 Å². The van der Waals surface area contributed by atoms with E-state index < -0.39 is 0 Å². The first-order valence-corrected chi connectivity index (χ1v) is 9.54. The van der Waals surface area contributed by atoms with Gasteiger partial charge in [-0.25, -0.2) is 4.79 Å². The van der Waals surface area contributed by atoms with E-state index in [1.807, 2.05) is 18.2 Å². The highest BCUT2D eigenvalue weighted by atomic mass is 16.5. The highest BCUT2D eigenvalue weighted by Gasteiger charge is 2.34. The molecule has 0 saturated carbocycles. The number of alkyl carbamates (subject to hydrolysis) is 1. The van der Waals surface area contributed by atoms with Crippen LogP contribution in [0.3, 0.4) is 0 Å². The van der Waals surface area contributed by atoms with Crippen molar-refractivity contribution in [2.75, 3.05) is 19.8 Å². The van der Waals surface area contributed by atoms with Crippen LogP contribution in [-0.2, 0) is 9.47 Å². The van der Waals surface area contributed by atoms with Gasteiger partial charge in [0.25, 0.3) is 0 Å². The second-order valence-electron chi connectivity index (χ2n) is 7.34. The topological polar surface area (TPSA) is 47.6 Å². The van der Waals surface area contributed by atoms with Crippen LogP contribution in [0.1, 0.15) is 36.3 Å². The van der Waals surface area contributed by atoms with E-state index in [0.717, 1.165) is 19.3 Å². The number of hydrogen-bond donors (Lipinski definition) is 1.